The standard InChI is InChI=1S/C11H11ClIN5/c1-18(2)11-16-9(12)15-10(17-11)14-8-6-4-3-5-7(8)13/h3-6H,1-2H3,(H,14,15,16,17). The van der Waals surface area contributed by atoms with Crippen LogP contribution in [0, 0.1) is 3.57 Å². The van der Waals surface area contributed by atoms with E-state index < -0.39 is 0 Å². The first-order valence-corrected chi connectivity index (χ1v) is 6.62. The first kappa shape index (κ1) is 13.3. The van der Waals surface area contributed by atoms with Crippen molar-refractivity contribution < 1.29 is 0 Å². The van der Waals surface area contributed by atoms with Crippen molar-refractivity contribution in [1.82, 2.24) is 15.0 Å². The van der Waals surface area contributed by atoms with Gasteiger partial charge in [-0.15, -0.1) is 0 Å². The summed E-state index contributed by atoms with van der Waals surface area (Å²) in [6.07, 6.45) is 0. The molecule has 0 aliphatic carbocycles. The lowest BCUT2D eigenvalue weighted by atomic mass is 10.3. The molecule has 1 aromatic heterocycles. The Balaban J connectivity index is 2.32. The Morgan fingerprint density at radius 1 is 1.17 bits per heavy atom. The zero-order chi connectivity index (χ0) is 13.1. The predicted octanol–water partition coefficient (Wildman–Crippen LogP) is 2.94. The maximum absolute atomic E-state index is 5.87. The molecular formula is C11H11ClIN5. The number of hydrogen-bond acceptors (Lipinski definition) is 5. The van der Waals surface area contributed by atoms with Crippen LogP contribution in [0.1, 0.15) is 0 Å². The van der Waals surface area contributed by atoms with E-state index in [1.54, 1.807) is 4.90 Å². The van der Waals surface area contributed by atoms with Crippen molar-refractivity contribution >= 4 is 51.8 Å². The Hall–Kier alpha value is -1.15. The van der Waals surface area contributed by atoms with E-state index in [1.807, 2.05) is 38.4 Å². The number of hydrogen-bond donors (Lipinski definition) is 1. The number of para-hydroxylation sites is 1. The number of halogens is 2. The fourth-order valence-electron chi connectivity index (χ4n) is 1.28. The highest BCUT2D eigenvalue weighted by Crippen LogP contribution is 2.21. The second-order valence-electron chi connectivity index (χ2n) is 3.73. The first-order valence-electron chi connectivity index (χ1n) is 5.16. The van der Waals surface area contributed by atoms with Crippen LogP contribution in [0.4, 0.5) is 17.6 Å². The maximum Gasteiger partial charge on any atom is 0.233 e. The van der Waals surface area contributed by atoms with E-state index in [-0.39, 0.29) is 5.28 Å². The molecule has 0 atom stereocenters. The molecule has 0 saturated carbocycles. The molecule has 0 aliphatic heterocycles. The van der Waals surface area contributed by atoms with Gasteiger partial charge in [0.25, 0.3) is 0 Å². The topological polar surface area (TPSA) is 53.9 Å². The molecular weight excluding hydrogens is 365 g/mol. The fourth-order valence-corrected chi connectivity index (χ4v) is 1.96. The molecule has 5 nitrogen and oxygen atoms in total. The molecule has 0 bridgehead atoms. The number of rotatable bonds is 3. The van der Waals surface area contributed by atoms with Crippen LogP contribution in [0.25, 0.3) is 0 Å². The van der Waals surface area contributed by atoms with E-state index in [0.29, 0.717) is 11.9 Å². The zero-order valence-corrected chi connectivity index (χ0v) is 12.8. The van der Waals surface area contributed by atoms with Crippen LogP contribution in [0.15, 0.2) is 24.3 Å². The summed E-state index contributed by atoms with van der Waals surface area (Å²) < 4.78 is 1.08. The molecule has 1 heterocycles. The minimum Gasteiger partial charge on any atom is -0.347 e. The quantitative estimate of drug-likeness (QED) is 0.836. The lowest BCUT2D eigenvalue weighted by Crippen LogP contribution is -2.14. The van der Waals surface area contributed by atoms with Crippen LogP contribution in [-0.2, 0) is 0 Å². The van der Waals surface area contributed by atoms with Gasteiger partial charge in [0.15, 0.2) is 0 Å². The molecule has 0 aliphatic rings. The molecule has 0 amide bonds. The molecule has 1 N–H and O–H groups in total. The molecule has 2 rings (SSSR count). The van der Waals surface area contributed by atoms with Crippen molar-refractivity contribution in [2.24, 2.45) is 0 Å². The summed E-state index contributed by atoms with van der Waals surface area (Å²) in [5.41, 5.74) is 0.935. The van der Waals surface area contributed by atoms with Gasteiger partial charge in [-0.05, 0) is 46.3 Å². The van der Waals surface area contributed by atoms with E-state index in [0.717, 1.165) is 9.26 Å². The number of aromatic nitrogens is 3. The van der Waals surface area contributed by atoms with E-state index in [9.17, 15) is 0 Å². The smallest absolute Gasteiger partial charge is 0.233 e. The zero-order valence-electron chi connectivity index (χ0n) is 9.85. The molecule has 94 valence electrons. The molecule has 0 spiro atoms. The van der Waals surface area contributed by atoms with Gasteiger partial charge in [-0.2, -0.15) is 15.0 Å². The molecule has 2 aromatic rings. The van der Waals surface area contributed by atoms with Crippen LogP contribution < -0.4 is 10.2 Å². The maximum atomic E-state index is 5.87. The van der Waals surface area contributed by atoms with Gasteiger partial charge in [-0.1, -0.05) is 12.1 Å². The summed E-state index contributed by atoms with van der Waals surface area (Å²) >= 11 is 8.11. The van der Waals surface area contributed by atoms with E-state index in [4.69, 9.17) is 11.6 Å². The monoisotopic (exact) mass is 375 g/mol. The highest BCUT2D eigenvalue weighted by Gasteiger charge is 2.07. The molecule has 7 heteroatoms. The van der Waals surface area contributed by atoms with Crippen molar-refractivity contribution in [3.8, 4) is 0 Å². The summed E-state index contributed by atoms with van der Waals surface area (Å²) in [6, 6.07) is 7.87. The van der Waals surface area contributed by atoms with Gasteiger partial charge in [-0.3, -0.25) is 0 Å². The van der Waals surface area contributed by atoms with Gasteiger partial charge < -0.3 is 10.2 Å². The van der Waals surface area contributed by atoms with Crippen LogP contribution in [-0.4, -0.2) is 29.0 Å². The van der Waals surface area contributed by atoms with Crippen LogP contribution in [0.2, 0.25) is 5.28 Å². The van der Waals surface area contributed by atoms with Crippen molar-refractivity contribution in [2.75, 3.05) is 24.3 Å². The lowest BCUT2D eigenvalue weighted by Gasteiger charge is -2.12. The van der Waals surface area contributed by atoms with Crippen molar-refractivity contribution in [2.45, 2.75) is 0 Å². The van der Waals surface area contributed by atoms with Gasteiger partial charge in [-0.25, -0.2) is 0 Å². The Labute approximate surface area is 124 Å². The van der Waals surface area contributed by atoms with Gasteiger partial charge in [0.05, 0.1) is 5.69 Å². The molecule has 0 unspecified atom stereocenters. The Morgan fingerprint density at radius 2 is 1.89 bits per heavy atom. The second kappa shape index (κ2) is 5.66. The third-order valence-electron chi connectivity index (χ3n) is 2.12. The van der Waals surface area contributed by atoms with Gasteiger partial charge >= 0.3 is 0 Å². The summed E-state index contributed by atoms with van der Waals surface area (Å²) in [6.45, 7) is 0. The molecule has 0 saturated heterocycles. The minimum atomic E-state index is 0.169. The third kappa shape index (κ3) is 3.20. The van der Waals surface area contributed by atoms with E-state index in [1.165, 1.54) is 0 Å². The van der Waals surface area contributed by atoms with Crippen molar-refractivity contribution in [3.63, 3.8) is 0 Å². The molecule has 1 aromatic carbocycles. The SMILES string of the molecule is CN(C)c1nc(Cl)nc(Nc2ccccc2I)n1. The van der Waals surface area contributed by atoms with Gasteiger partial charge in [0.2, 0.25) is 17.2 Å². The summed E-state index contributed by atoms with van der Waals surface area (Å²) in [7, 11) is 3.70. The second-order valence-corrected chi connectivity index (χ2v) is 5.23. The van der Waals surface area contributed by atoms with Crippen LogP contribution in [0.3, 0.4) is 0 Å². The average Bonchev–Trinajstić information content (AvgIpc) is 2.31. The largest absolute Gasteiger partial charge is 0.347 e. The van der Waals surface area contributed by atoms with Crippen molar-refractivity contribution in [3.05, 3.63) is 33.1 Å². The highest BCUT2D eigenvalue weighted by atomic mass is 127. The lowest BCUT2D eigenvalue weighted by molar-refractivity contribution is 0.961. The Morgan fingerprint density at radius 3 is 2.56 bits per heavy atom. The first-order chi connectivity index (χ1) is 8.56. The number of nitrogens with zero attached hydrogens (tertiary/aromatic N) is 4. The Kier molecular flexibility index (Phi) is 4.18. The molecule has 18 heavy (non-hydrogen) atoms. The van der Waals surface area contributed by atoms with Crippen LogP contribution >= 0.6 is 34.2 Å². The van der Waals surface area contributed by atoms with E-state index in [2.05, 4.69) is 42.9 Å². The molecule has 0 fully saturated rings. The third-order valence-corrected chi connectivity index (χ3v) is 3.23. The number of nitrogens with one attached hydrogen (secondary N) is 1. The normalized spacial score (nSPS) is 10.2. The van der Waals surface area contributed by atoms with Gasteiger partial charge in [0.1, 0.15) is 0 Å². The van der Waals surface area contributed by atoms with Crippen LogP contribution in [0.5, 0.6) is 0 Å². The number of anilines is 3. The number of benzene rings is 1. The summed E-state index contributed by atoms with van der Waals surface area (Å²) in [5, 5.41) is 3.30. The fraction of sp³-hybridized carbons (Fsp3) is 0.182. The molecule has 0 radical (unpaired) electrons. The minimum absolute atomic E-state index is 0.169. The van der Waals surface area contributed by atoms with E-state index >= 15 is 0 Å². The Bertz CT molecular complexity index is 561. The summed E-state index contributed by atoms with van der Waals surface area (Å²) in [4.78, 5) is 14.1. The average molecular weight is 376 g/mol. The van der Waals surface area contributed by atoms with Gasteiger partial charge in [0, 0.05) is 17.7 Å². The summed E-state index contributed by atoms with van der Waals surface area (Å²) in [5.74, 6) is 0.950. The van der Waals surface area contributed by atoms with Crippen molar-refractivity contribution in [1.29, 1.82) is 0 Å². The highest BCUT2D eigenvalue weighted by molar-refractivity contribution is 14.1. The predicted molar refractivity (Wildman–Crippen MR) is 81.6 cm³/mol.